The van der Waals surface area contributed by atoms with Crippen molar-refractivity contribution >= 4 is 11.9 Å². The lowest BCUT2D eigenvalue weighted by atomic mass is 10.1. The Morgan fingerprint density at radius 3 is 2.67 bits per heavy atom. The summed E-state index contributed by atoms with van der Waals surface area (Å²) in [7, 11) is 0. The predicted octanol–water partition coefficient (Wildman–Crippen LogP) is 3.07. The monoisotopic (exact) mass is 245 g/mol. The maximum absolute atomic E-state index is 10.9. The van der Waals surface area contributed by atoms with Gasteiger partial charge in [0.05, 0.1) is 5.56 Å². The molecule has 4 heteroatoms. The molecule has 0 aromatic carbocycles. The lowest BCUT2D eigenvalue weighted by Crippen LogP contribution is -2.29. The van der Waals surface area contributed by atoms with Gasteiger partial charge >= 0.3 is 5.97 Å². The second kappa shape index (κ2) is 4.37. The first-order chi connectivity index (χ1) is 8.74. The molecule has 0 aromatic rings. The smallest absolute Gasteiger partial charge is 0.335 e. The SMILES string of the molecule is O=C(O)c1cc2ccc(N3CCCCC3)oc-2c1. The van der Waals surface area contributed by atoms with Crippen LogP contribution in [0.5, 0.6) is 0 Å². The van der Waals surface area contributed by atoms with Crippen molar-refractivity contribution in [3.8, 4) is 11.3 Å². The summed E-state index contributed by atoms with van der Waals surface area (Å²) in [5.74, 6) is 0.570. The van der Waals surface area contributed by atoms with Crippen molar-refractivity contribution in [3.63, 3.8) is 0 Å². The topological polar surface area (TPSA) is 53.7 Å². The van der Waals surface area contributed by atoms with E-state index in [9.17, 15) is 4.79 Å². The maximum Gasteiger partial charge on any atom is 0.335 e. The Bertz CT molecular complexity index is 540. The van der Waals surface area contributed by atoms with E-state index in [1.165, 1.54) is 19.3 Å². The van der Waals surface area contributed by atoms with Crippen LogP contribution >= 0.6 is 0 Å². The largest absolute Gasteiger partial charge is 0.478 e. The number of hydrogen-bond donors (Lipinski definition) is 1. The van der Waals surface area contributed by atoms with Crippen LogP contribution in [-0.4, -0.2) is 24.2 Å². The molecule has 2 heterocycles. The molecule has 94 valence electrons. The van der Waals surface area contributed by atoms with Crippen molar-refractivity contribution in [2.45, 2.75) is 19.3 Å². The van der Waals surface area contributed by atoms with Crippen LogP contribution in [0.2, 0.25) is 0 Å². The van der Waals surface area contributed by atoms with Crippen LogP contribution in [0.3, 0.4) is 0 Å². The minimum absolute atomic E-state index is 0.282. The number of carboxylic acids is 1. The summed E-state index contributed by atoms with van der Waals surface area (Å²) in [4.78, 5) is 13.1. The summed E-state index contributed by atoms with van der Waals surface area (Å²) in [5.41, 5.74) is 1.12. The zero-order valence-electron chi connectivity index (χ0n) is 10.1. The van der Waals surface area contributed by atoms with Gasteiger partial charge in [0.2, 0.25) is 0 Å². The van der Waals surface area contributed by atoms with E-state index in [1.54, 1.807) is 12.1 Å². The van der Waals surface area contributed by atoms with Gasteiger partial charge < -0.3 is 14.4 Å². The molecule has 18 heavy (non-hydrogen) atoms. The molecular formula is C14H15NO3. The fourth-order valence-corrected chi connectivity index (χ4v) is 2.44. The van der Waals surface area contributed by atoms with Crippen LogP contribution in [0.1, 0.15) is 29.6 Å². The standard InChI is InChI=1S/C14H15NO3/c16-14(17)11-8-10-4-5-13(18-12(10)9-11)15-6-2-1-3-7-15/h4-5,8-9H,1-3,6-7H2,(H,16,17). The summed E-state index contributed by atoms with van der Waals surface area (Å²) in [6.45, 7) is 2.03. The fourth-order valence-electron chi connectivity index (χ4n) is 2.44. The number of piperidine rings is 1. The molecule has 0 radical (unpaired) electrons. The van der Waals surface area contributed by atoms with E-state index in [2.05, 4.69) is 4.90 Å². The first kappa shape index (κ1) is 11.1. The van der Waals surface area contributed by atoms with Gasteiger partial charge in [0, 0.05) is 18.7 Å². The minimum Gasteiger partial charge on any atom is -0.478 e. The third-order valence-corrected chi connectivity index (χ3v) is 3.42. The number of rotatable bonds is 2. The molecule has 0 amide bonds. The van der Waals surface area contributed by atoms with E-state index in [1.807, 2.05) is 12.1 Å². The summed E-state index contributed by atoms with van der Waals surface area (Å²) in [6, 6.07) is 7.08. The average Bonchev–Trinajstić information content (AvgIpc) is 2.82. The summed E-state index contributed by atoms with van der Waals surface area (Å²) >= 11 is 0. The van der Waals surface area contributed by atoms with Gasteiger partial charge in [-0.15, -0.1) is 0 Å². The van der Waals surface area contributed by atoms with Crippen molar-refractivity contribution in [2.24, 2.45) is 0 Å². The van der Waals surface area contributed by atoms with Crippen LogP contribution in [-0.2, 0) is 0 Å². The summed E-state index contributed by atoms with van der Waals surface area (Å²) < 4.78 is 5.79. The molecule has 0 bridgehead atoms. The number of carbonyl (C=O) groups is 1. The fraction of sp³-hybridized carbons (Fsp3) is 0.357. The molecule has 1 saturated heterocycles. The van der Waals surface area contributed by atoms with Gasteiger partial charge in [0.25, 0.3) is 0 Å². The van der Waals surface area contributed by atoms with Crippen LogP contribution < -0.4 is 4.90 Å². The van der Waals surface area contributed by atoms with Gasteiger partial charge in [-0.3, -0.25) is 0 Å². The van der Waals surface area contributed by atoms with Gasteiger partial charge in [0.15, 0.2) is 5.88 Å². The lowest BCUT2D eigenvalue weighted by molar-refractivity contribution is 0.0697. The predicted molar refractivity (Wildman–Crippen MR) is 68.4 cm³/mol. The summed E-state index contributed by atoms with van der Waals surface area (Å²) in [5, 5.41) is 8.95. The van der Waals surface area contributed by atoms with Crippen molar-refractivity contribution in [1.29, 1.82) is 0 Å². The van der Waals surface area contributed by atoms with Gasteiger partial charge in [-0.2, -0.15) is 0 Å². The number of anilines is 1. The Morgan fingerprint density at radius 2 is 1.94 bits per heavy atom. The molecule has 0 aromatic heterocycles. The molecule has 1 fully saturated rings. The molecule has 3 aliphatic rings. The molecule has 4 nitrogen and oxygen atoms in total. The molecule has 0 spiro atoms. The molecule has 2 aliphatic heterocycles. The van der Waals surface area contributed by atoms with E-state index in [-0.39, 0.29) is 5.56 Å². The van der Waals surface area contributed by atoms with Gasteiger partial charge in [-0.1, -0.05) is 0 Å². The molecule has 0 atom stereocenters. The third-order valence-electron chi connectivity index (χ3n) is 3.42. The number of fused-ring (bicyclic) bond motifs is 1. The third kappa shape index (κ3) is 1.94. The van der Waals surface area contributed by atoms with Crippen molar-refractivity contribution in [1.82, 2.24) is 0 Å². The Morgan fingerprint density at radius 1 is 1.17 bits per heavy atom. The Balaban J connectivity index is 1.95. The quantitative estimate of drug-likeness (QED) is 0.883. The summed E-state index contributed by atoms with van der Waals surface area (Å²) in [6.07, 6.45) is 3.65. The maximum atomic E-state index is 10.9. The van der Waals surface area contributed by atoms with Gasteiger partial charge in [-0.05, 0) is 43.5 Å². The van der Waals surface area contributed by atoms with Crippen LogP contribution in [0.15, 0.2) is 28.7 Å². The average molecular weight is 245 g/mol. The highest BCUT2D eigenvalue weighted by Gasteiger charge is 2.17. The van der Waals surface area contributed by atoms with E-state index in [0.29, 0.717) is 5.76 Å². The van der Waals surface area contributed by atoms with Crippen molar-refractivity contribution in [2.75, 3.05) is 18.0 Å². The van der Waals surface area contributed by atoms with E-state index in [0.717, 1.165) is 24.5 Å². The Labute approximate surface area is 105 Å². The zero-order valence-corrected chi connectivity index (χ0v) is 10.1. The van der Waals surface area contributed by atoms with E-state index >= 15 is 0 Å². The normalized spacial score (nSPS) is 16.1. The number of hydrogen-bond acceptors (Lipinski definition) is 3. The van der Waals surface area contributed by atoms with Gasteiger partial charge in [-0.25, -0.2) is 4.79 Å². The van der Waals surface area contributed by atoms with Crippen molar-refractivity contribution in [3.05, 3.63) is 29.8 Å². The second-order valence-electron chi connectivity index (χ2n) is 4.69. The van der Waals surface area contributed by atoms with E-state index in [4.69, 9.17) is 9.52 Å². The van der Waals surface area contributed by atoms with Gasteiger partial charge in [0.1, 0.15) is 5.76 Å². The molecule has 1 N–H and O–H groups in total. The first-order valence-electron chi connectivity index (χ1n) is 6.26. The molecular weight excluding hydrogens is 230 g/mol. The zero-order chi connectivity index (χ0) is 12.5. The number of aromatic carboxylic acids is 1. The number of nitrogens with zero attached hydrogens (tertiary/aromatic N) is 1. The molecule has 0 unspecified atom stereocenters. The lowest BCUT2D eigenvalue weighted by Gasteiger charge is -2.27. The van der Waals surface area contributed by atoms with Crippen LogP contribution in [0, 0.1) is 0 Å². The highest BCUT2D eigenvalue weighted by molar-refractivity contribution is 5.92. The Kier molecular flexibility index (Phi) is 2.70. The molecule has 1 aliphatic carbocycles. The molecule has 3 rings (SSSR count). The van der Waals surface area contributed by atoms with Crippen LogP contribution in [0.4, 0.5) is 5.88 Å². The van der Waals surface area contributed by atoms with Crippen LogP contribution in [0.25, 0.3) is 11.3 Å². The first-order valence-corrected chi connectivity index (χ1v) is 6.26. The Hall–Kier alpha value is -1.97. The van der Waals surface area contributed by atoms with Crippen molar-refractivity contribution < 1.29 is 14.3 Å². The minimum atomic E-state index is -0.916. The highest BCUT2D eigenvalue weighted by atomic mass is 16.4. The number of carboxylic acid groups (broad SMARTS) is 1. The van der Waals surface area contributed by atoms with E-state index < -0.39 is 5.97 Å². The highest BCUT2D eigenvalue weighted by Crippen LogP contribution is 2.31. The molecule has 0 saturated carbocycles. The second-order valence-corrected chi connectivity index (χ2v) is 4.69.